The lowest BCUT2D eigenvalue weighted by molar-refractivity contribution is 0.0989. The quantitative estimate of drug-likeness (QED) is 0.460. The van der Waals surface area contributed by atoms with Crippen LogP contribution in [0.3, 0.4) is 0 Å². The van der Waals surface area contributed by atoms with Crippen LogP contribution in [0, 0.1) is 0 Å². The highest BCUT2D eigenvalue weighted by molar-refractivity contribution is 6.17. The number of para-hydroxylation sites is 1. The number of nitrogen functional groups attached to an aromatic ring is 1. The monoisotopic (exact) mass is 197 g/mol. The molecule has 0 bridgehead atoms. The molecule has 1 rings (SSSR count). The number of hydrogen-bond donors (Lipinski definition) is 1. The molecule has 0 aliphatic heterocycles. The molecule has 1 aromatic carbocycles. The average molecular weight is 198 g/mol. The Hall–Kier alpha value is -1.02. The summed E-state index contributed by atoms with van der Waals surface area (Å²) in [5, 5.41) is 0. The maximum atomic E-state index is 11.4. The second-order valence-electron chi connectivity index (χ2n) is 2.79. The lowest BCUT2D eigenvalue weighted by Gasteiger charge is -2.06. The van der Waals surface area contributed by atoms with Crippen molar-refractivity contribution < 1.29 is 4.79 Å². The van der Waals surface area contributed by atoms with Gasteiger partial charge in [-0.1, -0.05) is 19.1 Å². The van der Waals surface area contributed by atoms with Crippen LogP contribution >= 0.6 is 11.6 Å². The van der Waals surface area contributed by atoms with Gasteiger partial charge in [-0.15, -0.1) is 11.6 Å². The molecule has 2 nitrogen and oxygen atoms in total. The van der Waals surface area contributed by atoms with Gasteiger partial charge < -0.3 is 5.73 Å². The number of benzene rings is 1. The fourth-order valence-electron chi connectivity index (χ4n) is 1.16. The first-order chi connectivity index (χ1) is 6.20. The lowest BCUT2D eigenvalue weighted by atomic mass is 10.0. The largest absolute Gasteiger partial charge is 0.398 e. The van der Waals surface area contributed by atoms with E-state index in [0.717, 1.165) is 5.56 Å². The minimum absolute atomic E-state index is 0.0597. The van der Waals surface area contributed by atoms with Gasteiger partial charge in [0.1, 0.15) is 0 Å². The number of nitrogens with two attached hydrogens (primary N) is 1. The van der Waals surface area contributed by atoms with Gasteiger partial charge in [0.25, 0.3) is 0 Å². The predicted molar refractivity (Wildman–Crippen MR) is 55.0 cm³/mol. The van der Waals surface area contributed by atoms with Crippen LogP contribution in [-0.2, 0) is 5.88 Å². The highest BCUT2D eigenvalue weighted by Crippen LogP contribution is 2.20. The third kappa shape index (κ3) is 2.01. The molecule has 13 heavy (non-hydrogen) atoms. The normalized spacial score (nSPS) is 10.0. The standard InChI is InChI=1S/C10H12ClNO/c1-2-9(13)8-5-3-4-7(6-11)10(8)12/h3-5H,2,6,12H2,1H3. The lowest BCUT2D eigenvalue weighted by Crippen LogP contribution is -2.04. The second-order valence-corrected chi connectivity index (χ2v) is 3.06. The van der Waals surface area contributed by atoms with Gasteiger partial charge in [0, 0.05) is 23.6 Å². The first-order valence-electron chi connectivity index (χ1n) is 4.17. The highest BCUT2D eigenvalue weighted by atomic mass is 35.5. The van der Waals surface area contributed by atoms with Crippen molar-refractivity contribution in [3.8, 4) is 0 Å². The molecule has 0 heterocycles. The Labute approximate surface area is 82.7 Å². The van der Waals surface area contributed by atoms with Crippen molar-refractivity contribution >= 4 is 23.1 Å². The molecule has 0 spiro atoms. The van der Waals surface area contributed by atoms with E-state index in [-0.39, 0.29) is 5.78 Å². The van der Waals surface area contributed by atoms with Crippen LogP contribution in [0.4, 0.5) is 5.69 Å². The number of alkyl halides is 1. The zero-order chi connectivity index (χ0) is 9.84. The topological polar surface area (TPSA) is 43.1 Å². The summed E-state index contributed by atoms with van der Waals surface area (Å²) in [6.07, 6.45) is 0.468. The summed E-state index contributed by atoms with van der Waals surface area (Å²) in [5.74, 6) is 0.404. The molecule has 0 aliphatic carbocycles. The Morgan fingerprint density at radius 2 is 2.23 bits per heavy atom. The third-order valence-electron chi connectivity index (χ3n) is 1.96. The van der Waals surface area contributed by atoms with Crippen molar-refractivity contribution in [1.82, 2.24) is 0 Å². The van der Waals surface area contributed by atoms with E-state index in [2.05, 4.69) is 0 Å². The summed E-state index contributed by atoms with van der Waals surface area (Å²) < 4.78 is 0. The van der Waals surface area contributed by atoms with E-state index in [1.807, 2.05) is 13.0 Å². The predicted octanol–water partition coefficient (Wildman–Crippen LogP) is 2.60. The molecule has 0 aromatic heterocycles. The first-order valence-corrected chi connectivity index (χ1v) is 4.70. The van der Waals surface area contributed by atoms with Crippen LogP contribution in [0.25, 0.3) is 0 Å². The number of hydrogen-bond acceptors (Lipinski definition) is 2. The van der Waals surface area contributed by atoms with E-state index >= 15 is 0 Å². The van der Waals surface area contributed by atoms with Gasteiger partial charge in [-0.3, -0.25) is 4.79 Å². The van der Waals surface area contributed by atoms with Crippen LogP contribution in [0.2, 0.25) is 0 Å². The Kier molecular flexibility index (Phi) is 3.32. The smallest absolute Gasteiger partial charge is 0.164 e. The van der Waals surface area contributed by atoms with Crippen molar-refractivity contribution in [2.24, 2.45) is 0 Å². The number of halogens is 1. The van der Waals surface area contributed by atoms with Crippen molar-refractivity contribution in [3.05, 3.63) is 29.3 Å². The summed E-state index contributed by atoms with van der Waals surface area (Å²) in [6.45, 7) is 1.81. The molecule has 70 valence electrons. The molecular formula is C10H12ClNO. The van der Waals surface area contributed by atoms with Crippen molar-refractivity contribution in [2.75, 3.05) is 5.73 Å². The van der Waals surface area contributed by atoms with Gasteiger partial charge in [-0.25, -0.2) is 0 Å². The fraction of sp³-hybridized carbons (Fsp3) is 0.300. The summed E-state index contributed by atoms with van der Waals surface area (Å²) in [4.78, 5) is 11.4. The first kappa shape index (κ1) is 10.1. The van der Waals surface area contributed by atoms with E-state index in [0.29, 0.717) is 23.6 Å². The van der Waals surface area contributed by atoms with E-state index in [4.69, 9.17) is 17.3 Å². The average Bonchev–Trinajstić information content (AvgIpc) is 2.17. The molecule has 0 saturated heterocycles. The number of Topliss-reactive ketones (excluding diaryl/α,β-unsaturated/α-hetero) is 1. The third-order valence-corrected chi connectivity index (χ3v) is 2.25. The molecule has 3 heteroatoms. The molecule has 0 radical (unpaired) electrons. The maximum Gasteiger partial charge on any atom is 0.164 e. The SMILES string of the molecule is CCC(=O)c1cccc(CCl)c1N. The van der Waals surface area contributed by atoms with E-state index in [1.54, 1.807) is 12.1 Å². The molecule has 0 atom stereocenters. The summed E-state index contributed by atoms with van der Waals surface area (Å²) in [6, 6.07) is 5.36. The van der Waals surface area contributed by atoms with Gasteiger partial charge >= 0.3 is 0 Å². The van der Waals surface area contributed by atoms with Crippen LogP contribution in [-0.4, -0.2) is 5.78 Å². The maximum absolute atomic E-state index is 11.4. The summed E-state index contributed by atoms with van der Waals surface area (Å²) in [5.41, 5.74) is 7.69. The van der Waals surface area contributed by atoms with Gasteiger partial charge in [-0.2, -0.15) is 0 Å². The molecule has 0 saturated carbocycles. The number of ketones is 1. The summed E-state index contributed by atoms with van der Waals surface area (Å²) >= 11 is 5.66. The zero-order valence-corrected chi connectivity index (χ0v) is 8.27. The minimum Gasteiger partial charge on any atom is -0.398 e. The van der Waals surface area contributed by atoms with Crippen LogP contribution in [0.5, 0.6) is 0 Å². The highest BCUT2D eigenvalue weighted by Gasteiger charge is 2.09. The molecule has 0 aliphatic rings. The molecule has 0 unspecified atom stereocenters. The summed E-state index contributed by atoms with van der Waals surface area (Å²) in [7, 11) is 0. The van der Waals surface area contributed by atoms with Gasteiger partial charge in [0.05, 0.1) is 0 Å². The molecule has 0 fully saturated rings. The molecule has 2 N–H and O–H groups in total. The number of anilines is 1. The Bertz CT molecular complexity index is 323. The van der Waals surface area contributed by atoms with Crippen molar-refractivity contribution in [1.29, 1.82) is 0 Å². The second kappa shape index (κ2) is 4.28. The van der Waals surface area contributed by atoms with E-state index in [9.17, 15) is 4.79 Å². The van der Waals surface area contributed by atoms with Crippen LogP contribution in [0.15, 0.2) is 18.2 Å². The number of rotatable bonds is 3. The van der Waals surface area contributed by atoms with Crippen LogP contribution < -0.4 is 5.73 Å². The molecule has 0 amide bonds. The Balaban J connectivity index is 3.15. The number of carbonyl (C=O) groups is 1. The Morgan fingerprint density at radius 3 is 2.77 bits per heavy atom. The van der Waals surface area contributed by atoms with Crippen molar-refractivity contribution in [2.45, 2.75) is 19.2 Å². The fourth-order valence-corrected chi connectivity index (χ4v) is 1.40. The van der Waals surface area contributed by atoms with Gasteiger partial charge in [0.15, 0.2) is 5.78 Å². The number of carbonyl (C=O) groups excluding carboxylic acids is 1. The van der Waals surface area contributed by atoms with Crippen LogP contribution in [0.1, 0.15) is 29.3 Å². The van der Waals surface area contributed by atoms with Crippen molar-refractivity contribution in [3.63, 3.8) is 0 Å². The van der Waals surface area contributed by atoms with E-state index < -0.39 is 0 Å². The van der Waals surface area contributed by atoms with Gasteiger partial charge in [-0.05, 0) is 11.6 Å². The molecular weight excluding hydrogens is 186 g/mol. The minimum atomic E-state index is 0.0597. The van der Waals surface area contributed by atoms with Gasteiger partial charge in [0.2, 0.25) is 0 Å². The zero-order valence-electron chi connectivity index (χ0n) is 7.51. The Morgan fingerprint density at radius 1 is 1.54 bits per heavy atom. The molecule has 1 aromatic rings. The van der Waals surface area contributed by atoms with E-state index in [1.165, 1.54) is 0 Å².